The maximum Gasteiger partial charge on any atom is 0.123 e. The van der Waals surface area contributed by atoms with Gasteiger partial charge in [-0.15, -0.1) is 0 Å². The Morgan fingerprint density at radius 2 is 2.29 bits per heavy atom. The molecule has 21 heavy (non-hydrogen) atoms. The third kappa shape index (κ3) is 4.17. The normalized spacial score (nSPS) is 20.0. The fourth-order valence-corrected chi connectivity index (χ4v) is 3.05. The van der Waals surface area contributed by atoms with E-state index in [1.165, 1.54) is 0 Å². The van der Waals surface area contributed by atoms with Gasteiger partial charge in [0.15, 0.2) is 0 Å². The van der Waals surface area contributed by atoms with Crippen LogP contribution in [0, 0.1) is 11.7 Å². The maximum absolute atomic E-state index is 13.6. The van der Waals surface area contributed by atoms with Gasteiger partial charge >= 0.3 is 0 Å². The molecule has 118 valence electrons. The third-order valence-corrected chi connectivity index (χ3v) is 4.19. The van der Waals surface area contributed by atoms with Crippen molar-refractivity contribution in [1.82, 2.24) is 5.32 Å². The van der Waals surface area contributed by atoms with Crippen molar-refractivity contribution in [3.05, 3.63) is 29.6 Å². The highest BCUT2D eigenvalue weighted by Gasteiger charge is 2.25. The molecule has 2 atom stereocenters. The highest BCUT2D eigenvalue weighted by atomic mass is 19.1. The van der Waals surface area contributed by atoms with Gasteiger partial charge in [-0.25, -0.2) is 4.39 Å². The lowest BCUT2D eigenvalue weighted by Crippen LogP contribution is -2.26. The first-order valence-electron chi connectivity index (χ1n) is 7.92. The van der Waals surface area contributed by atoms with Crippen LogP contribution in [0.1, 0.15) is 38.3 Å². The molecule has 0 aromatic heterocycles. The smallest absolute Gasteiger partial charge is 0.123 e. The Labute approximate surface area is 127 Å². The summed E-state index contributed by atoms with van der Waals surface area (Å²) in [6.45, 7) is 8.01. The van der Waals surface area contributed by atoms with Gasteiger partial charge in [-0.2, -0.15) is 0 Å². The second-order valence-electron chi connectivity index (χ2n) is 5.94. The molecule has 1 fully saturated rings. The quantitative estimate of drug-likeness (QED) is 0.834. The number of nitrogens with zero attached hydrogens (tertiary/aromatic N) is 1. The summed E-state index contributed by atoms with van der Waals surface area (Å²) in [6.07, 6.45) is 2.22. The van der Waals surface area contributed by atoms with E-state index in [0.29, 0.717) is 5.92 Å². The Morgan fingerprint density at radius 1 is 1.48 bits per heavy atom. The summed E-state index contributed by atoms with van der Waals surface area (Å²) >= 11 is 0. The highest BCUT2D eigenvalue weighted by molar-refractivity contribution is 5.56. The van der Waals surface area contributed by atoms with Crippen LogP contribution in [0.15, 0.2) is 18.2 Å². The van der Waals surface area contributed by atoms with Crippen molar-refractivity contribution in [2.45, 2.75) is 32.7 Å². The van der Waals surface area contributed by atoms with Crippen LogP contribution in [0.3, 0.4) is 0 Å². The van der Waals surface area contributed by atoms with Gasteiger partial charge in [0.25, 0.3) is 0 Å². The second-order valence-corrected chi connectivity index (χ2v) is 5.94. The summed E-state index contributed by atoms with van der Waals surface area (Å²) in [6, 6.07) is 5.32. The van der Waals surface area contributed by atoms with Crippen molar-refractivity contribution < 1.29 is 9.13 Å². The summed E-state index contributed by atoms with van der Waals surface area (Å²) in [7, 11) is 1.75. The topological polar surface area (TPSA) is 24.5 Å². The van der Waals surface area contributed by atoms with Crippen LogP contribution in [0.25, 0.3) is 0 Å². The van der Waals surface area contributed by atoms with Crippen molar-refractivity contribution in [1.29, 1.82) is 0 Å². The van der Waals surface area contributed by atoms with Gasteiger partial charge < -0.3 is 15.0 Å². The zero-order valence-corrected chi connectivity index (χ0v) is 13.4. The van der Waals surface area contributed by atoms with E-state index in [4.69, 9.17) is 4.74 Å². The Hall–Kier alpha value is -1.13. The number of methoxy groups -OCH3 is 1. The molecule has 1 aromatic carbocycles. The summed E-state index contributed by atoms with van der Waals surface area (Å²) < 4.78 is 18.9. The Kier molecular flexibility index (Phi) is 6.00. The predicted octanol–water partition coefficient (Wildman–Crippen LogP) is 3.36. The number of anilines is 1. The molecule has 1 heterocycles. The molecule has 2 unspecified atom stereocenters. The fraction of sp³-hybridized carbons (Fsp3) is 0.647. The van der Waals surface area contributed by atoms with Crippen LogP contribution in [0.5, 0.6) is 0 Å². The zero-order chi connectivity index (χ0) is 15.2. The molecule has 0 saturated carbocycles. The number of hydrogen-bond acceptors (Lipinski definition) is 3. The molecule has 1 aliphatic rings. The minimum absolute atomic E-state index is 0.161. The Balaban J connectivity index is 2.15. The van der Waals surface area contributed by atoms with Gasteiger partial charge in [-0.05, 0) is 50.1 Å². The first-order valence-corrected chi connectivity index (χ1v) is 7.92. The lowest BCUT2D eigenvalue weighted by Gasteiger charge is -2.25. The summed E-state index contributed by atoms with van der Waals surface area (Å²) in [5.41, 5.74) is 2.22. The molecule has 0 aliphatic carbocycles. The van der Waals surface area contributed by atoms with Crippen LogP contribution < -0.4 is 10.2 Å². The van der Waals surface area contributed by atoms with Crippen molar-refractivity contribution in [2.24, 2.45) is 5.92 Å². The fourth-order valence-electron chi connectivity index (χ4n) is 3.05. The van der Waals surface area contributed by atoms with E-state index in [-0.39, 0.29) is 11.9 Å². The molecule has 0 radical (unpaired) electrons. The molecule has 1 aromatic rings. The van der Waals surface area contributed by atoms with E-state index < -0.39 is 0 Å². The molecule has 0 spiro atoms. The Bertz CT molecular complexity index is 452. The van der Waals surface area contributed by atoms with E-state index in [0.717, 1.165) is 50.3 Å². The van der Waals surface area contributed by atoms with E-state index in [1.807, 2.05) is 6.07 Å². The number of ether oxygens (including phenoxy) is 1. The number of nitrogens with one attached hydrogen (secondary N) is 1. The van der Waals surface area contributed by atoms with Crippen LogP contribution in [0.2, 0.25) is 0 Å². The number of hydrogen-bond donors (Lipinski definition) is 1. The van der Waals surface area contributed by atoms with Crippen LogP contribution >= 0.6 is 0 Å². The van der Waals surface area contributed by atoms with Gasteiger partial charge in [0.2, 0.25) is 0 Å². The SMILES string of the molecule is CCCNC(C)c1cc(F)ccc1N1CCC(COC)C1. The average molecular weight is 294 g/mol. The molecule has 1 aliphatic heterocycles. The molecule has 3 nitrogen and oxygen atoms in total. The van der Waals surface area contributed by atoms with Gasteiger partial charge in [-0.3, -0.25) is 0 Å². The van der Waals surface area contributed by atoms with Gasteiger partial charge in [0.05, 0.1) is 6.61 Å². The molecular formula is C17H27FN2O. The monoisotopic (exact) mass is 294 g/mol. The standard InChI is InChI=1S/C17H27FN2O/c1-4-8-19-13(2)16-10-15(18)5-6-17(16)20-9-7-14(11-20)12-21-3/h5-6,10,13-14,19H,4,7-9,11-12H2,1-3H3. The Morgan fingerprint density at radius 3 is 3.00 bits per heavy atom. The van der Waals surface area contributed by atoms with Crippen LogP contribution in [0.4, 0.5) is 10.1 Å². The van der Waals surface area contributed by atoms with E-state index in [1.54, 1.807) is 19.2 Å². The minimum atomic E-state index is -0.161. The maximum atomic E-state index is 13.6. The molecular weight excluding hydrogens is 267 g/mol. The molecule has 1 N–H and O–H groups in total. The largest absolute Gasteiger partial charge is 0.384 e. The van der Waals surface area contributed by atoms with Crippen molar-refractivity contribution in [3.8, 4) is 0 Å². The number of rotatable bonds is 7. The van der Waals surface area contributed by atoms with E-state index in [9.17, 15) is 4.39 Å². The lowest BCUT2D eigenvalue weighted by atomic mass is 10.0. The van der Waals surface area contributed by atoms with Gasteiger partial charge in [0, 0.05) is 37.8 Å². The minimum Gasteiger partial charge on any atom is -0.384 e. The predicted molar refractivity (Wildman–Crippen MR) is 85.3 cm³/mol. The van der Waals surface area contributed by atoms with E-state index in [2.05, 4.69) is 24.1 Å². The number of halogens is 1. The summed E-state index contributed by atoms with van der Waals surface area (Å²) in [5, 5.41) is 3.46. The highest BCUT2D eigenvalue weighted by Crippen LogP contribution is 2.31. The molecule has 2 rings (SSSR count). The molecule has 0 bridgehead atoms. The second kappa shape index (κ2) is 7.76. The molecule has 1 saturated heterocycles. The molecule has 4 heteroatoms. The number of benzene rings is 1. The van der Waals surface area contributed by atoms with Crippen LogP contribution in [-0.4, -0.2) is 33.4 Å². The average Bonchev–Trinajstić information content (AvgIpc) is 2.93. The first-order chi connectivity index (χ1) is 10.2. The van der Waals surface area contributed by atoms with Gasteiger partial charge in [-0.1, -0.05) is 6.92 Å². The van der Waals surface area contributed by atoms with Crippen molar-refractivity contribution in [3.63, 3.8) is 0 Å². The van der Waals surface area contributed by atoms with Gasteiger partial charge in [0.1, 0.15) is 5.82 Å². The molecule has 0 amide bonds. The summed E-state index contributed by atoms with van der Waals surface area (Å²) in [5.74, 6) is 0.415. The van der Waals surface area contributed by atoms with Crippen molar-refractivity contribution in [2.75, 3.05) is 38.3 Å². The zero-order valence-electron chi connectivity index (χ0n) is 13.4. The first kappa shape index (κ1) is 16.2. The van der Waals surface area contributed by atoms with Crippen molar-refractivity contribution >= 4 is 5.69 Å². The lowest BCUT2D eigenvalue weighted by molar-refractivity contribution is 0.161. The summed E-state index contributed by atoms with van der Waals surface area (Å²) in [4.78, 5) is 2.36. The third-order valence-electron chi connectivity index (χ3n) is 4.19. The van der Waals surface area contributed by atoms with E-state index >= 15 is 0 Å². The van der Waals surface area contributed by atoms with Crippen LogP contribution in [-0.2, 0) is 4.74 Å².